The van der Waals surface area contributed by atoms with Gasteiger partial charge in [-0.05, 0) is 80.4 Å². The van der Waals surface area contributed by atoms with E-state index in [9.17, 15) is 24.3 Å². The molecule has 2 heterocycles. The monoisotopic (exact) mass is 662 g/mol. The normalized spacial score (nSPS) is 22.0. The molecule has 260 valence electrons. The maximum atomic E-state index is 16.1. The largest absolute Gasteiger partial charge is 0.391 e. The first kappa shape index (κ1) is 35.5. The maximum Gasteiger partial charge on any atom is 0.254 e. The third-order valence-corrected chi connectivity index (χ3v) is 10.5. The number of carbonyl (C=O) groups is 4. The molecule has 9 nitrogen and oxygen atoms in total. The molecular formula is C38H51FN4O5. The summed E-state index contributed by atoms with van der Waals surface area (Å²) in [6.45, 7) is 9.32. The van der Waals surface area contributed by atoms with E-state index in [2.05, 4.69) is 31.4 Å². The predicted molar refractivity (Wildman–Crippen MR) is 184 cm³/mol. The molecule has 4 amide bonds. The van der Waals surface area contributed by atoms with E-state index in [0.717, 1.165) is 31.2 Å². The zero-order valence-corrected chi connectivity index (χ0v) is 28.8. The van der Waals surface area contributed by atoms with E-state index in [1.54, 1.807) is 6.92 Å². The highest BCUT2D eigenvalue weighted by Crippen LogP contribution is 2.38. The third kappa shape index (κ3) is 8.43. The molecule has 1 aliphatic carbocycles. The van der Waals surface area contributed by atoms with E-state index in [1.807, 2.05) is 30.3 Å². The maximum absolute atomic E-state index is 16.1. The minimum atomic E-state index is -1.11. The molecule has 0 radical (unpaired) electrons. The average Bonchev–Trinajstić information content (AvgIpc) is 3.68. The van der Waals surface area contributed by atoms with Gasteiger partial charge in [-0.25, -0.2) is 4.39 Å². The summed E-state index contributed by atoms with van der Waals surface area (Å²) in [6, 6.07) is 11.5. The van der Waals surface area contributed by atoms with Crippen LogP contribution in [0.4, 0.5) is 15.8 Å². The molecule has 2 unspecified atom stereocenters. The molecule has 1 saturated carbocycles. The molecule has 5 rings (SSSR count). The van der Waals surface area contributed by atoms with Crippen molar-refractivity contribution in [2.45, 2.75) is 110 Å². The number of aliphatic hydroxyl groups is 1. The van der Waals surface area contributed by atoms with Crippen LogP contribution in [-0.2, 0) is 20.8 Å². The molecule has 0 spiro atoms. The van der Waals surface area contributed by atoms with E-state index in [4.69, 9.17) is 0 Å². The summed E-state index contributed by atoms with van der Waals surface area (Å²) in [5, 5.41) is 17.6. The Morgan fingerprint density at radius 3 is 2.17 bits per heavy atom. The van der Waals surface area contributed by atoms with Crippen molar-refractivity contribution in [2.24, 2.45) is 17.3 Å². The lowest BCUT2D eigenvalue weighted by Gasteiger charge is -2.37. The summed E-state index contributed by atoms with van der Waals surface area (Å²) in [4.78, 5) is 55.3. The first-order chi connectivity index (χ1) is 22.8. The summed E-state index contributed by atoms with van der Waals surface area (Å²) in [5.74, 6) is -2.01. The van der Waals surface area contributed by atoms with Gasteiger partial charge >= 0.3 is 0 Å². The van der Waals surface area contributed by atoms with Gasteiger partial charge in [-0.15, -0.1) is 0 Å². The number of halogens is 1. The van der Waals surface area contributed by atoms with Crippen LogP contribution in [-0.4, -0.2) is 60.0 Å². The summed E-state index contributed by atoms with van der Waals surface area (Å²) in [6.07, 6.45) is 5.06. The first-order valence-electron chi connectivity index (χ1n) is 17.6. The fourth-order valence-electron chi connectivity index (χ4n) is 7.41. The molecule has 10 heteroatoms. The van der Waals surface area contributed by atoms with Gasteiger partial charge in [0.25, 0.3) is 5.91 Å². The summed E-state index contributed by atoms with van der Waals surface area (Å²) >= 11 is 0. The van der Waals surface area contributed by atoms with Gasteiger partial charge < -0.3 is 25.5 Å². The van der Waals surface area contributed by atoms with E-state index in [-0.39, 0.29) is 59.7 Å². The Balaban J connectivity index is 1.33. The second-order valence-electron chi connectivity index (χ2n) is 15.0. The number of benzene rings is 2. The Morgan fingerprint density at radius 2 is 1.58 bits per heavy atom. The number of anilines is 2. The number of carbonyl (C=O) groups excluding carboxylic acids is 4. The molecular weight excluding hydrogens is 611 g/mol. The minimum absolute atomic E-state index is 0.0261. The Hall–Kier alpha value is -3.79. The van der Waals surface area contributed by atoms with Gasteiger partial charge in [0.05, 0.1) is 23.4 Å². The van der Waals surface area contributed by atoms with Gasteiger partial charge in [-0.3, -0.25) is 19.2 Å². The van der Waals surface area contributed by atoms with Crippen molar-refractivity contribution in [3.05, 3.63) is 59.4 Å². The van der Waals surface area contributed by atoms with Crippen LogP contribution in [0.15, 0.2) is 42.5 Å². The van der Waals surface area contributed by atoms with Gasteiger partial charge in [-0.1, -0.05) is 58.0 Å². The van der Waals surface area contributed by atoms with Gasteiger partial charge in [0, 0.05) is 43.6 Å². The van der Waals surface area contributed by atoms with Crippen molar-refractivity contribution in [3.63, 3.8) is 0 Å². The second-order valence-corrected chi connectivity index (χ2v) is 15.0. The number of nitrogens with zero attached hydrogens (tertiary/aromatic N) is 2. The second kappa shape index (κ2) is 15.2. The number of amides is 4. The predicted octanol–water partition coefficient (Wildman–Crippen LogP) is 5.53. The summed E-state index contributed by atoms with van der Waals surface area (Å²) in [5.41, 5.74) is 1.13. The van der Waals surface area contributed by atoms with Crippen molar-refractivity contribution >= 4 is 35.0 Å². The highest BCUT2D eigenvalue weighted by molar-refractivity contribution is 6.03. The quantitative estimate of drug-likeness (QED) is 0.293. The molecule has 2 aromatic rings. The summed E-state index contributed by atoms with van der Waals surface area (Å²) < 4.78 is 16.1. The van der Waals surface area contributed by atoms with Crippen LogP contribution in [0.1, 0.15) is 101 Å². The van der Waals surface area contributed by atoms with E-state index in [1.165, 1.54) is 21.9 Å². The molecule has 3 fully saturated rings. The number of nitrogens with one attached hydrogen (secondary N) is 2. The van der Waals surface area contributed by atoms with Crippen molar-refractivity contribution in [3.8, 4) is 0 Å². The zero-order chi connectivity index (χ0) is 34.6. The van der Waals surface area contributed by atoms with Gasteiger partial charge in [0.15, 0.2) is 5.82 Å². The molecule has 3 aliphatic rings. The van der Waals surface area contributed by atoms with Crippen LogP contribution >= 0.6 is 0 Å². The van der Waals surface area contributed by atoms with Gasteiger partial charge in [0.2, 0.25) is 17.7 Å². The highest BCUT2D eigenvalue weighted by atomic mass is 19.1. The third-order valence-electron chi connectivity index (χ3n) is 10.5. The van der Waals surface area contributed by atoms with Crippen molar-refractivity contribution in [2.75, 3.05) is 22.9 Å². The van der Waals surface area contributed by atoms with Crippen LogP contribution in [0.3, 0.4) is 0 Å². The standard InChI is InChI=1S/C38H51FN4O5/c1-24(36(47)40-27-16-14-26(15-17-27)38(2,3)4)20-32(44)30(21-25-10-6-5-7-11-25)41-37(48)29-22-28(42-18-8-12-33(42)45)23-31(35(29)39)43-19-9-13-34(43)46/h5-7,10-11,22-24,26-27,30,32,44H,8-9,12-21H2,1-4H3,(H,40,47)(H,41,48)/t24?,26?,27?,30-,32?/m0/s1. The molecule has 48 heavy (non-hydrogen) atoms. The van der Waals surface area contributed by atoms with Crippen LogP contribution < -0.4 is 20.4 Å². The number of hydrogen-bond donors (Lipinski definition) is 3. The van der Waals surface area contributed by atoms with Crippen molar-refractivity contribution in [1.82, 2.24) is 10.6 Å². The topological polar surface area (TPSA) is 119 Å². The number of hydrogen-bond acceptors (Lipinski definition) is 5. The van der Waals surface area contributed by atoms with Crippen LogP contribution in [0.5, 0.6) is 0 Å². The van der Waals surface area contributed by atoms with Crippen molar-refractivity contribution in [1.29, 1.82) is 0 Å². The first-order valence-corrected chi connectivity index (χ1v) is 17.6. The lowest BCUT2D eigenvalue weighted by Crippen LogP contribution is -2.47. The van der Waals surface area contributed by atoms with Gasteiger partial charge in [-0.2, -0.15) is 0 Å². The molecule has 2 saturated heterocycles. The van der Waals surface area contributed by atoms with Crippen LogP contribution in [0.25, 0.3) is 0 Å². The molecule has 0 aromatic heterocycles. The molecule has 3 atom stereocenters. The zero-order valence-electron chi connectivity index (χ0n) is 28.8. The Bertz CT molecular complexity index is 1480. The SMILES string of the molecule is CC(CC(O)[C@H](Cc1ccccc1)NC(=O)c1cc(N2CCCC2=O)cc(N2CCCC2=O)c1F)C(=O)NC1CCC(C(C)(C)C)CC1. The van der Waals surface area contributed by atoms with Gasteiger partial charge in [0.1, 0.15) is 0 Å². The molecule has 2 aliphatic heterocycles. The highest BCUT2D eigenvalue weighted by Gasteiger charge is 2.34. The smallest absolute Gasteiger partial charge is 0.254 e. The summed E-state index contributed by atoms with van der Waals surface area (Å²) in [7, 11) is 0. The lowest BCUT2D eigenvalue weighted by atomic mass is 9.71. The number of rotatable bonds is 11. The Labute approximate surface area is 283 Å². The van der Waals surface area contributed by atoms with Crippen LogP contribution in [0.2, 0.25) is 0 Å². The minimum Gasteiger partial charge on any atom is -0.391 e. The van der Waals surface area contributed by atoms with Crippen molar-refractivity contribution < 1.29 is 28.7 Å². The Morgan fingerprint density at radius 1 is 0.958 bits per heavy atom. The average molecular weight is 663 g/mol. The molecule has 3 N–H and O–H groups in total. The Kier molecular flexibility index (Phi) is 11.2. The van der Waals surface area contributed by atoms with E-state index >= 15 is 4.39 Å². The fourth-order valence-corrected chi connectivity index (χ4v) is 7.41. The van der Waals surface area contributed by atoms with E-state index in [0.29, 0.717) is 44.0 Å². The molecule has 2 aromatic carbocycles. The van der Waals surface area contributed by atoms with Crippen LogP contribution in [0, 0.1) is 23.1 Å². The lowest BCUT2D eigenvalue weighted by molar-refractivity contribution is -0.126. The fraction of sp³-hybridized carbons (Fsp3) is 0.579. The molecule has 0 bridgehead atoms. The van der Waals surface area contributed by atoms with E-state index < -0.39 is 29.8 Å². The number of aliphatic hydroxyl groups excluding tert-OH is 1.